The van der Waals surface area contributed by atoms with Gasteiger partial charge in [0.05, 0.1) is 24.8 Å². The summed E-state index contributed by atoms with van der Waals surface area (Å²) >= 11 is 0. The van der Waals surface area contributed by atoms with Gasteiger partial charge in [-0.15, -0.1) is 0 Å². The van der Waals surface area contributed by atoms with Gasteiger partial charge in [-0.1, -0.05) is 12.1 Å². The summed E-state index contributed by atoms with van der Waals surface area (Å²) in [5, 5.41) is 5.66. The standard InChI is InChI=1S/C18H19N3O3/c22-17(20-11-16-5-1-2-8-19-16)13-4-3-6-15(10-13)21-18(23)14-7-9-24-12-14/h1-6,8,10,14H,7,9,11-12H2,(H,20,22)(H,21,23). The lowest BCUT2D eigenvalue weighted by atomic mass is 10.1. The van der Waals surface area contributed by atoms with Crippen LogP contribution in [0.2, 0.25) is 0 Å². The van der Waals surface area contributed by atoms with E-state index in [1.165, 1.54) is 0 Å². The summed E-state index contributed by atoms with van der Waals surface area (Å²) in [4.78, 5) is 28.5. The Morgan fingerprint density at radius 2 is 2.12 bits per heavy atom. The zero-order valence-corrected chi connectivity index (χ0v) is 13.2. The number of nitrogens with zero attached hydrogens (tertiary/aromatic N) is 1. The van der Waals surface area contributed by atoms with Crippen LogP contribution in [0.3, 0.4) is 0 Å². The van der Waals surface area contributed by atoms with Crippen molar-refractivity contribution in [2.45, 2.75) is 13.0 Å². The maximum absolute atomic E-state index is 12.2. The fraction of sp³-hybridized carbons (Fsp3) is 0.278. The molecule has 2 aromatic rings. The third-order valence-electron chi connectivity index (χ3n) is 3.85. The van der Waals surface area contributed by atoms with Gasteiger partial charge in [-0.2, -0.15) is 0 Å². The second-order valence-corrected chi connectivity index (χ2v) is 5.63. The predicted molar refractivity (Wildman–Crippen MR) is 89.4 cm³/mol. The fourth-order valence-electron chi connectivity index (χ4n) is 2.50. The molecule has 1 aromatic carbocycles. The molecule has 2 N–H and O–H groups in total. The number of pyridine rings is 1. The summed E-state index contributed by atoms with van der Waals surface area (Å²) in [6.45, 7) is 1.43. The number of rotatable bonds is 5. The van der Waals surface area contributed by atoms with Gasteiger partial charge >= 0.3 is 0 Å². The van der Waals surface area contributed by atoms with Crippen LogP contribution in [0.5, 0.6) is 0 Å². The highest BCUT2D eigenvalue weighted by Crippen LogP contribution is 2.17. The Morgan fingerprint density at radius 1 is 1.21 bits per heavy atom. The molecule has 1 aliphatic heterocycles. The Labute approximate surface area is 140 Å². The highest BCUT2D eigenvalue weighted by atomic mass is 16.5. The van der Waals surface area contributed by atoms with Crippen LogP contribution in [0.4, 0.5) is 5.69 Å². The topological polar surface area (TPSA) is 80.3 Å². The van der Waals surface area contributed by atoms with Crippen LogP contribution in [0.25, 0.3) is 0 Å². The first-order valence-electron chi connectivity index (χ1n) is 7.89. The van der Waals surface area contributed by atoms with E-state index in [4.69, 9.17) is 4.74 Å². The van der Waals surface area contributed by atoms with E-state index >= 15 is 0 Å². The average Bonchev–Trinajstić information content (AvgIpc) is 3.15. The number of benzene rings is 1. The highest BCUT2D eigenvalue weighted by Gasteiger charge is 2.23. The second-order valence-electron chi connectivity index (χ2n) is 5.63. The van der Waals surface area contributed by atoms with Crippen LogP contribution in [0.1, 0.15) is 22.5 Å². The van der Waals surface area contributed by atoms with Gasteiger partial charge in [0, 0.05) is 24.1 Å². The molecule has 0 spiro atoms. The molecular weight excluding hydrogens is 306 g/mol. The quantitative estimate of drug-likeness (QED) is 0.881. The third kappa shape index (κ3) is 4.17. The number of carbonyl (C=O) groups excluding carboxylic acids is 2. The van der Waals surface area contributed by atoms with Crippen LogP contribution >= 0.6 is 0 Å². The van der Waals surface area contributed by atoms with Crippen molar-refractivity contribution in [2.24, 2.45) is 5.92 Å². The highest BCUT2D eigenvalue weighted by molar-refractivity contribution is 5.97. The first kappa shape index (κ1) is 16.1. The first-order valence-corrected chi connectivity index (χ1v) is 7.89. The molecule has 0 radical (unpaired) electrons. The summed E-state index contributed by atoms with van der Waals surface area (Å²) in [7, 11) is 0. The zero-order chi connectivity index (χ0) is 16.8. The molecule has 1 fully saturated rings. The molecule has 0 bridgehead atoms. The number of nitrogens with one attached hydrogen (secondary N) is 2. The van der Waals surface area contributed by atoms with Crippen molar-refractivity contribution in [3.63, 3.8) is 0 Å². The van der Waals surface area contributed by atoms with E-state index in [0.717, 1.165) is 12.1 Å². The molecule has 1 unspecified atom stereocenters. The molecule has 0 aliphatic carbocycles. The number of hydrogen-bond donors (Lipinski definition) is 2. The molecule has 1 atom stereocenters. The van der Waals surface area contributed by atoms with E-state index < -0.39 is 0 Å². The molecule has 6 nitrogen and oxygen atoms in total. The first-order chi connectivity index (χ1) is 11.7. The number of anilines is 1. The Hall–Kier alpha value is -2.73. The minimum absolute atomic E-state index is 0.0708. The Morgan fingerprint density at radius 3 is 2.88 bits per heavy atom. The minimum Gasteiger partial charge on any atom is -0.381 e. The van der Waals surface area contributed by atoms with Crippen LogP contribution in [-0.4, -0.2) is 30.0 Å². The van der Waals surface area contributed by atoms with Crippen LogP contribution in [0.15, 0.2) is 48.7 Å². The maximum atomic E-state index is 12.2. The van der Waals surface area contributed by atoms with Crippen molar-refractivity contribution < 1.29 is 14.3 Å². The lowest BCUT2D eigenvalue weighted by Crippen LogP contribution is -2.24. The van der Waals surface area contributed by atoms with Crippen molar-refractivity contribution >= 4 is 17.5 Å². The molecule has 1 aliphatic rings. The average molecular weight is 325 g/mol. The van der Waals surface area contributed by atoms with Crippen molar-refractivity contribution in [3.8, 4) is 0 Å². The Balaban J connectivity index is 1.59. The fourth-order valence-corrected chi connectivity index (χ4v) is 2.50. The van der Waals surface area contributed by atoms with Crippen LogP contribution in [-0.2, 0) is 16.1 Å². The van der Waals surface area contributed by atoms with Gasteiger partial charge in [0.15, 0.2) is 0 Å². The SMILES string of the molecule is O=C(NCc1ccccn1)c1cccc(NC(=O)C2CCOC2)c1. The summed E-state index contributed by atoms with van der Waals surface area (Å²) < 4.78 is 5.22. The molecule has 0 saturated carbocycles. The van der Waals surface area contributed by atoms with Crippen molar-refractivity contribution in [2.75, 3.05) is 18.5 Å². The molecule has 1 saturated heterocycles. The van der Waals surface area contributed by atoms with Crippen molar-refractivity contribution in [1.29, 1.82) is 0 Å². The predicted octanol–water partition coefficient (Wildman–Crippen LogP) is 1.99. The second kappa shape index (κ2) is 7.70. The van der Waals surface area contributed by atoms with Gasteiger partial charge in [-0.05, 0) is 36.8 Å². The van der Waals surface area contributed by atoms with E-state index in [-0.39, 0.29) is 17.7 Å². The van der Waals surface area contributed by atoms with Gasteiger partial charge in [-0.25, -0.2) is 0 Å². The third-order valence-corrected chi connectivity index (χ3v) is 3.85. The van der Waals surface area contributed by atoms with Gasteiger partial charge in [0.25, 0.3) is 5.91 Å². The van der Waals surface area contributed by atoms with Crippen LogP contribution in [0, 0.1) is 5.92 Å². The minimum atomic E-state index is -0.207. The van der Waals surface area contributed by atoms with Crippen LogP contribution < -0.4 is 10.6 Å². The molecule has 6 heteroatoms. The molecule has 2 amide bonds. The molecule has 24 heavy (non-hydrogen) atoms. The molecule has 124 valence electrons. The number of hydrogen-bond acceptors (Lipinski definition) is 4. The lowest BCUT2D eigenvalue weighted by Gasteiger charge is -2.11. The largest absolute Gasteiger partial charge is 0.381 e. The molecular formula is C18H19N3O3. The summed E-state index contributed by atoms with van der Waals surface area (Å²) in [6.07, 6.45) is 2.42. The summed E-state index contributed by atoms with van der Waals surface area (Å²) in [5.74, 6) is -0.397. The smallest absolute Gasteiger partial charge is 0.251 e. The molecule has 1 aromatic heterocycles. The van der Waals surface area contributed by atoms with Gasteiger partial charge < -0.3 is 15.4 Å². The zero-order valence-electron chi connectivity index (χ0n) is 13.2. The van der Waals surface area contributed by atoms with E-state index in [0.29, 0.717) is 31.0 Å². The maximum Gasteiger partial charge on any atom is 0.251 e. The van der Waals surface area contributed by atoms with E-state index in [2.05, 4.69) is 15.6 Å². The number of carbonyl (C=O) groups is 2. The van der Waals surface area contributed by atoms with E-state index in [1.807, 2.05) is 18.2 Å². The summed E-state index contributed by atoms with van der Waals surface area (Å²) in [5.41, 5.74) is 1.89. The Kier molecular flexibility index (Phi) is 5.18. The summed E-state index contributed by atoms with van der Waals surface area (Å²) in [6, 6.07) is 12.4. The lowest BCUT2D eigenvalue weighted by molar-refractivity contribution is -0.119. The van der Waals surface area contributed by atoms with Gasteiger partial charge in [0.2, 0.25) is 5.91 Å². The van der Waals surface area contributed by atoms with E-state index in [9.17, 15) is 9.59 Å². The van der Waals surface area contributed by atoms with Gasteiger partial charge in [0.1, 0.15) is 0 Å². The number of aromatic nitrogens is 1. The van der Waals surface area contributed by atoms with Crippen molar-refractivity contribution in [3.05, 3.63) is 59.9 Å². The van der Waals surface area contributed by atoms with Crippen molar-refractivity contribution in [1.82, 2.24) is 10.3 Å². The monoisotopic (exact) mass is 325 g/mol. The number of amides is 2. The van der Waals surface area contributed by atoms with Gasteiger partial charge in [-0.3, -0.25) is 14.6 Å². The number of ether oxygens (including phenoxy) is 1. The molecule has 3 rings (SSSR count). The Bertz CT molecular complexity index is 712. The normalized spacial score (nSPS) is 16.6. The van der Waals surface area contributed by atoms with E-state index in [1.54, 1.807) is 30.5 Å². The molecule has 2 heterocycles.